The van der Waals surface area contributed by atoms with Crippen LogP contribution in [-0.4, -0.2) is 23.9 Å². The van der Waals surface area contributed by atoms with Crippen LogP contribution in [-0.2, 0) is 0 Å². The molecular weight excluding hydrogens is 327 g/mol. The summed E-state index contributed by atoms with van der Waals surface area (Å²) in [4.78, 5) is 1.25. The monoisotopic (exact) mass is 334 g/mol. The van der Waals surface area contributed by atoms with Gasteiger partial charge in [0, 0.05) is 0 Å². The second-order valence-corrected chi connectivity index (χ2v) is 6.87. The molecule has 72 valence electrons. The molecule has 2 nitrogen and oxygen atoms in total. The van der Waals surface area contributed by atoms with Gasteiger partial charge in [-0.05, 0) is 0 Å². The molecule has 0 unspecified atom stereocenters. The third kappa shape index (κ3) is 2.48. The molecule has 0 saturated heterocycles. The van der Waals surface area contributed by atoms with E-state index in [1.54, 1.807) is 11.8 Å². The fraction of sp³-hybridized carbons (Fsp3) is 0.111. The first-order valence-electron chi connectivity index (χ1n) is 3.98. The first-order valence-corrected chi connectivity index (χ1v) is 7.21. The topological polar surface area (TPSA) is 25.8 Å². The fourth-order valence-electron chi connectivity index (χ4n) is 0.928. The van der Waals surface area contributed by atoms with Crippen LogP contribution in [0.4, 0.5) is 0 Å². The molecule has 0 N–H and O–H groups in total. The Kier molecular flexibility index (Phi) is 3.44. The number of hydrogen-bond donors (Lipinski definition) is 0. The number of halogens is 1. The summed E-state index contributed by atoms with van der Waals surface area (Å²) < 4.78 is 6.46. The molecule has 0 aliphatic carbocycles. The van der Waals surface area contributed by atoms with Crippen LogP contribution >= 0.6 is 27.7 Å². The van der Waals surface area contributed by atoms with Gasteiger partial charge in [0.2, 0.25) is 0 Å². The Labute approximate surface area is 101 Å². The van der Waals surface area contributed by atoms with Crippen LogP contribution in [0.2, 0.25) is 0 Å². The van der Waals surface area contributed by atoms with Gasteiger partial charge in [-0.1, -0.05) is 0 Å². The Balaban J connectivity index is 2.19. The van der Waals surface area contributed by atoms with Crippen LogP contribution in [0.15, 0.2) is 37.4 Å². The van der Waals surface area contributed by atoms with Gasteiger partial charge in [0.15, 0.2) is 0 Å². The second kappa shape index (κ2) is 4.62. The fourth-order valence-corrected chi connectivity index (χ4v) is 3.78. The normalized spacial score (nSPS) is 10.4. The summed E-state index contributed by atoms with van der Waals surface area (Å²) in [6.45, 7) is 2.01. The summed E-state index contributed by atoms with van der Waals surface area (Å²) in [5, 5.41) is 4.03. The van der Waals surface area contributed by atoms with Crippen LogP contribution in [0.1, 0.15) is 5.69 Å². The van der Waals surface area contributed by atoms with E-state index in [9.17, 15) is 0 Å². The van der Waals surface area contributed by atoms with Crippen LogP contribution in [0, 0.1) is 6.92 Å². The van der Waals surface area contributed by atoms with E-state index in [1.165, 1.54) is 8.66 Å². The molecule has 1 heterocycles. The Morgan fingerprint density at radius 2 is 2.00 bits per heavy atom. The van der Waals surface area contributed by atoms with E-state index in [1.807, 2.05) is 6.92 Å². The van der Waals surface area contributed by atoms with Gasteiger partial charge in [0.25, 0.3) is 0 Å². The predicted octanol–water partition coefficient (Wildman–Crippen LogP) is 2.76. The van der Waals surface area contributed by atoms with Crippen molar-refractivity contribution in [3.63, 3.8) is 0 Å². The van der Waals surface area contributed by atoms with Crippen molar-refractivity contribution in [2.75, 3.05) is 0 Å². The van der Waals surface area contributed by atoms with Crippen molar-refractivity contribution >= 4 is 42.4 Å². The molecular formula is C9H7BrN2SSe. The summed E-state index contributed by atoms with van der Waals surface area (Å²) in [5.74, 6) is 0. The number of aryl methyl sites for hydroxylation is 1. The molecule has 5 heteroatoms. The third-order valence-corrected chi connectivity index (χ3v) is 5.37. The molecule has 2 aromatic rings. The number of nitrogens with zero attached hydrogens (tertiary/aromatic N) is 2. The first-order chi connectivity index (χ1) is 6.75. The molecule has 0 fully saturated rings. The minimum absolute atomic E-state index is 0.196. The average Bonchev–Trinajstić information content (AvgIpc) is 2.56. The Hall–Kier alpha value is -0.0905. The zero-order chi connectivity index (χ0) is 9.97. The molecule has 0 amide bonds. The molecule has 0 radical (unpaired) electrons. The number of aromatic nitrogens is 2. The van der Waals surface area contributed by atoms with Gasteiger partial charge in [-0.2, -0.15) is 0 Å². The Bertz CT molecular complexity index is 427. The van der Waals surface area contributed by atoms with E-state index >= 15 is 0 Å². The minimum atomic E-state index is 0.196. The van der Waals surface area contributed by atoms with E-state index in [0.717, 1.165) is 10.2 Å². The summed E-state index contributed by atoms with van der Waals surface area (Å²) in [6, 6.07) is 8.30. The van der Waals surface area contributed by atoms with E-state index in [4.69, 9.17) is 0 Å². The van der Waals surface area contributed by atoms with Crippen LogP contribution in [0.3, 0.4) is 0 Å². The van der Waals surface area contributed by atoms with Crippen molar-refractivity contribution in [1.82, 2.24) is 9.19 Å². The van der Waals surface area contributed by atoms with Gasteiger partial charge in [-0.25, -0.2) is 0 Å². The van der Waals surface area contributed by atoms with Crippen LogP contribution in [0.5, 0.6) is 0 Å². The van der Waals surface area contributed by atoms with E-state index in [0.29, 0.717) is 0 Å². The average molecular weight is 334 g/mol. The van der Waals surface area contributed by atoms with Gasteiger partial charge in [-0.15, -0.1) is 0 Å². The molecule has 1 aromatic heterocycles. The molecule has 0 bridgehead atoms. The quantitative estimate of drug-likeness (QED) is 0.790. The Morgan fingerprint density at radius 3 is 2.57 bits per heavy atom. The van der Waals surface area contributed by atoms with Gasteiger partial charge < -0.3 is 0 Å². The SMILES string of the molecule is Cc1nn[se]c1Sc1ccc(Br)cc1. The Morgan fingerprint density at radius 1 is 1.29 bits per heavy atom. The van der Waals surface area contributed by atoms with E-state index < -0.39 is 0 Å². The maximum absolute atomic E-state index is 4.04. The molecule has 2 rings (SSSR count). The van der Waals surface area contributed by atoms with Gasteiger partial charge in [0.1, 0.15) is 0 Å². The van der Waals surface area contributed by atoms with Crippen molar-refractivity contribution in [3.8, 4) is 0 Å². The summed E-state index contributed by atoms with van der Waals surface area (Å²) in [5.41, 5.74) is 1.07. The molecule has 0 spiro atoms. The van der Waals surface area contributed by atoms with Crippen molar-refractivity contribution in [2.24, 2.45) is 0 Å². The van der Waals surface area contributed by atoms with E-state index in [-0.39, 0.29) is 14.7 Å². The van der Waals surface area contributed by atoms with Crippen molar-refractivity contribution in [1.29, 1.82) is 0 Å². The van der Waals surface area contributed by atoms with Crippen LogP contribution < -0.4 is 0 Å². The summed E-state index contributed by atoms with van der Waals surface area (Å²) in [7, 11) is 0. The van der Waals surface area contributed by atoms with Crippen molar-refractivity contribution < 1.29 is 0 Å². The number of rotatable bonds is 2. The van der Waals surface area contributed by atoms with Gasteiger partial charge >= 0.3 is 102 Å². The first kappa shape index (κ1) is 10.4. The predicted molar refractivity (Wildman–Crippen MR) is 62.0 cm³/mol. The molecule has 0 saturated carbocycles. The molecule has 14 heavy (non-hydrogen) atoms. The van der Waals surface area contributed by atoms with Crippen LogP contribution in [0.25, 0.3) is 0 Å². The summed E-state index contributed by atoms with van der Waals surface area (Å²) in [6.07, 6.45) is 0. The number of benzene rings is 1. The zero-order valence-electron chi connectivity index (χ0n) is 7.40. The second-order valence-electron chi connectivity index (χ2n) is 2.70. The van der Waals surface area contributed by atoms with Gasteiger partial charge in [0.05, 0.1) is 0 Å². The van der Waals surface area contributed by atoms with Crippen molar-refractivity contribution in [2.45, 2.75) is 15.6 Å². The summed E-state index contributed by atoms with van der Waals surface area (Å²) >= 11 is 5.38. The number of hydrogen-bond acceptors (Lipinski definition) is 3. The standard InChI is InChI=1S/C9H7BrN2SSe/c1-6-9(14-12-11-6)13-8-4-2-7(10)3-5-8/h2-5H,1H3. The molecule has 0 aliphatic rings. The van der Waals surface area contributed by atoms with Crippen molar-refractivity contribution in [3.05, 3.63) is 34.4 Å². The zero-order valence-corrected chi connectivity index (χ0v) is 11.5. The maximum atomic E-state index is 4.04. The van der Waals surface area contributed by atoms with E-state index in [2.05, 4.69) is 49.4 Å². The molecule has 1 aromatic carbocycles. The molecule has 0 atom stereocenters. The van der Waals surface area contributed by atoms with Gasteiger partial charge in [-0.3, -0.25) is 0 Å². The molecule has 0 aliphatic heterocycles. The third-order valence-electron chi connectivity index (χ3n) is 1.63.